The van der Waals surface area contributed by atoms with Gasteiger partial charge < -0.3 is 10.0 Å². The van der Waals surface area contributed by atoms with E-state index in [2.05, 4.69) is 11.9 Å². The van der Waals surface area contributed by atoms with Gasteiger partial charge in [-0.15, -0.1) is 0 Å². The molecule has 0 saturated heterocycles. The molecule has 1 N–H and O–H groups in total. The van der Waals surface area contributed by atoms with Crippen molar-refractivity contribution in [3.8, 4) is 0 Å². The molecule has 1 heterocycles. The molecule has 0 radical (unpaired) electrons. The van der Waals surface area contributed by atoms with E-state index >= 15 is 0 Å². The summed E-state index contributed by atoms with van der Waals surface area (Å²) in [6.45, 7) is 2.16. The van der Waals surface area contributed by atoms with Crippen molar-refractivity contribution in [1.29, 1.82) is 0 Å². The fourth-order valence-electron chi connectivity index (χ4n) is 2.22. The van der Waals surface area contributed by atoms with Gasteiger partial charge in [0, 0.05) is 18.9 Å². The number of aromatic carboxylic acids is 1. The Morgan fingerprint density at radius 3 is 2.35 bits per heavy atom. The molecule has 0 aliphatic carbocycles. The van der Waals surface area contributed by atoms with Crippen molar-refractivity contribution in [3.05, 3.63) is 59.4 Å². The fourth-order valence-corrected chi connectivity index (χ4v) is 2.22. The molecule has 120 valence electrons. The van der Waals surface area contributed by atoms with Gasteiger partial charge in [0.25, 0.3) is 5.91 Å². The second-order valence-corrected chi connectivity index (χ2v) is 5.37. The standard InChI is InChI=1S/C18H20N2O3/c1-3-4-5-13-6-9-15(10-7-13)20(2)17(21)14-8-11-16(18(22)23)19-12-14/h6-12H,3-5H2,1-2H3,(H,22,23). The van der Waals surface area contributed by atoms with E-state index in [4.69, 9.17) is 5.11 Å². The molecule has 2 aromatic rings. The molecular weight excluding hydrogens is 292 g/mol. The van der Waals surface area contributed by atoms with E-state index in [9.17, 15) is 9.59 Å². The number of rotatable bonds is 6. The van der Waals surface area contributed by atoms with Crippen molar-refractivity contribution in [3.63, 3.8) is 0 Å². The second-order valence-electron chi connectivity index (χ2n) is 5.37. The number of carboxylic acids is 1. The maximum absolute atomic E-state index is 12.4. The van der Waals surface area contributed by atoms with Crippen LogP contribution in [0.15, 0.2) is 42.6 Å². The van der Waals surface area contributed by atoms with Crippen LogP contribution < -0.4 is 4.90 Å². The second kappa shape index (κ2) is 7.54. The van der Waals surface area contributed by atoms with Crippen LogP contribution in [0.3, 0.4) is 0 Å². The smallest absolute Gasteiger partial charge is 0.354 e. The Labute approximate surface area is 135 Å². The summed E-state index contributed by atoms with van der Waals surface area (Å²) in [5, 5.41) is 8.83. The van der Waals surface area contributed by atoms with E-state index in [1.165, 1.54) is 28.8 Å². The number of carbonyl (C=O) groups excluding carboxylic acids is 1. The Bertz CT molecular complexity index is 678. The SMILES string of the molecule is CCCCc1ccc(N(C)C(=O)c2ccc(C(=O)O)nc2)cc1. The lowest BCUT2D eigenvalue weighted by Gasteiger charge is -2.17. The monoisotopic (exact) mass is 312 g/mol. The van der Waals surface area contributed by atoms with Gasteiger partial charge in [-0.2, -0.15) is 0 Å². The van der Waals surface area contributed by atoms with Gasteiger partial charge in [-0.05, 0) is 42.7 Å². The molecule has 2 rings (SSSR count). The predicted molar refractivity (Wildman–Crippen MR) is 89.0 cm³/mol. The zero-order valence-electron chi connectivity index (χ0n) is 13.3. The minimum absolute atomic E-state index is 0.0792. The van der Waals surface area contributed by atoms with Crippen molar-refractivity contribution in [2.24, 2.45) is 0 Å². The first-order valence-corrected chi connectivity index (χ1v) is 7.59. The van der Waals surface area contributed by atoms with Gasteiger partial charge in [-0.25, -0.2) is 9.78 Å². The third kappa shape index (κ3) is 4.16. The number of hydrogen-bond donors (Lipinski definition) is 1. The van der Waals surface area contributed by atoms with Crippen molar-refractivity contribution in [2.45, 2.75) is 26.2 Å². The lowest BCUT2D eigenvalue weighted by atomic mass is 10.1. The summed E-state index contributed by atoms with van der Waals surface area (Å²) in [5.74, 6) is -1.34. The molecule has 23 heavy (non-hydrogen) atoms. The van der Waals surface area contributed by atoms with E-state index in [0.29, 0.717) is 5.56 Å². The molecule has 0 unspecified atom stereocenters. The zero-order chi connectivity index (χ0) is 16.8. The highest BCUT2D eigenvalue weighted by Crippen LogP contribution is 2.17. The lowest BCUT2D eigenvalue weighted by molar-refractivity contribution is 0.0690. The van der Waals surface area contributed by atoms with Gasteiger partial charge in [0.1, 0.15) is 5.69 Å². The van der Waals surface area contributed by atoms with Crippen LogP contribution in [0.4, 0.5) is 5.69 Å². The van der Waals surface area contributed by atoms with Crippen molar-refractivity contribution >= 4 is 17.6 Å². The number of aryl methyl sites for hydroxylation is 1. The molecule has 0 bridgehead atoms. The molecule has 5 heteroatoms. The Balaban J connectivity index is 2.10. The number of hydrogen-bond acceptors (Lipinski definition) is 3. The molecule has 0 aliphatic heterocycles. The molecule has 0 fully saturated rings. The van der Waals surface area contributed by atoms with Gasteiger partial charge >= 0.3 is 5.97 Å². The predicted octanol–water partition coefficient (Wildman–Crippen LogP) is 3.40. The van der Waals surface area contributed by atoms with Crippen LogP contribution in [0.5, 0.6) is 0 Å². The number of unbranched alkanes of at least 4 members (excludes halogenated alkanes) is 1. The first-order valence-electron chi connectivity index (χ1n) is 7.59. The molecule has 0 atom stereocenters. The summed E-state index contributed by atoms with van der Waals surface area (Å²) in [6, 6.07) is 10.7. The Morgan fingerprint density at radius 2 is 1.83 bits per heavy atom. The first-order chi connectivity index (χ1) is 11.0. The number of aromatic nitrogens is 1. The highest BCUT2D eigenvalue weighted by Gasteiger charge is 2.15. The van der Waals surface area contributed by atoms with E-state index in [-0.39, 0.29) is 11.6 Å². The average molecular weight is 312 g/mol. The van der Waals surface area contributed by atoms with E-state index in [0.717, 1.165) is 24.9 Å². The minimum atomic E-state index is -1.11. The van der Waals surface area contributed by atoms with E-state index in [1.807, 2.05) is 24.3 Å². The Morgan fingerprint density at radius 1 is 1.13 bits per heavy atom. The number of nitrogens with zero attached hydrogens (tertiary/aromatic N) is 2. The van der Waals surface area contributed by atoms with Crippen molar-refractivity contribution < 1.29 is 14.7 Å². The third-order valence-corrected chi connectivity index (χ3v) is 3.68. The Kier molecular flexibility index (Phi) is 5.46. The highest BCUT2D eigenvalue weighted by molar-refractivity contribution is 6.05. The lowest BCUT2D eigenvalue weighted by Crippen LogP contribution is -2.26. The zero-order valence-corrected chi connectivity index (χ0v) is 13.3. The van der Waals surface area contributed by atoms with E-state index < -0.39 is 5.97 Å². The fraction of sp³-hybridized carbons (Fsp3) is 0.278. The normalized spacial score (nSPS) is 10.3. The number of benzene rings is 1. The van der Waals surface area contributed by atoms with E-state index in [1.54, 1.807) is 7.05 Å². The van der Waals surface area contributed by atoms with Crippen LogP contribution in [0, 0.1) is 0 Å². The largest absolute Gasteiger partial charge is 0.477 e. The number of pyridine rings is 1. The van der Waals surface area contributed by atoms with Gasteiger partial charge in [-0.3, -0.25) is 4.79 Å². The van der Waals surface area contributed by atoms with Crippen LogP contribution in [-0.4, -0.2) is 29.0 Å². The van der Waals surface area contributed by atoms with Crippen molar-refractivity contribution in [1.82, 2.24) is 4.98 Å². The summed E-state index contributed by atoms with van der Waals surface area (Å²) in [7, 11) is 1.69. The van der Waals surface area contributed by atoms with Crippen LogP contribution in [0.1, 0.15) is 46.2 Å². The maximum Gasteiger partial charge on any atom is 0.354 e. The molecule has 5 nitrogen and oxygen atoms in total. The summed E-state index contributed by atoms with van der Waals surface area (Å²) < 4.78 is 0. The first kappa shape index (κ1) is 16.7. The molecule has 1 aromatic carbocycles. The van der Waals surface area contributed by atoms with Crippen LogP contribution >= 0.6 is 0 Å². The topological polar surface area (TPSA) is 70.5 Å². The van der Waals surface area contributed by atoms with Crippen LogP contribution in [-0.2, 0) is 6.42 Å². The molecule has 0 spiro atoms. The Hall–Kier alpha value is -2.69. The maximum atomic E-state index is 12.4. The van der Waals surface area contributed by atoms with Gasteiger partial charge in [0.2, 0.25) is 0 Å². The minimum Gasteiger partial charge on any atom is -0.477 e. The molecule has 0 saturated carbocycles. The van der Waals surface area contributed by atoms with Crippen LogP contribution in [0.25, 0.3) is 0 Å². The summed E-state index contributed by atoms with van der Waals surface area (Å²) in [6.07, 6.45) is 4.63. The average Bonchev–Trinajstić information content (AvgIpc) is 2.59. The number of amides is 1. The quantitative estimate of drug-likeness (QED) is 0.887. The van der Waals surface area contributed by atoms with Gasteiger partial charge in [0.15, 0.2) is 0 Å². The highest BCUT2D eigenvalue weighted by atomic mass is 16.4. The van der Waals surface area contributed by atoms with Crippen molar-refractivity contribution in [2.75, 3.05) is 11.9 Å². The summed E-state index contributed by atoms with van der Waals surface area (Å²) in [5.41, 5.74) is 2.32. The summed E-state index contributed by atoms with van der Waals surface area (Å²) >= 11 is 0. The number of carboxylic acid groups (broad SMARTS) is 1. The molecule has 0 aliphatic rings. The van der Waals surface area contributed by atoms with Gasteiger partial charge in [-0.1, -0.05) is 25.5 Å². The molecule has 1 aromatic heterocycles. The molecular formula is C18H20N2O3. The van der Waals surface area contributed by atoms with Crippen LogP contribution in [0.2, 0.25) is 0 Å². The molecule has 1 amide bonds. The number of carbonyl (C=O) groups is 2. The third-order valence-electron chi connectivity index (χ3n) is 3.68. The van der Waals surface area contributed by atoms with Gasteiger partial charge in [0.05, 0.1) is 5.56 Å². The number of anilines is 1. The summed E-state index contributed by atoms with van der Waals surface area (Å²) in [4.78, 5) is 28.5.